The third-order valence-electron chi connectivity index (χ3n) is 4.69. The second-order valence-electron chi connectivity index (χ2n) is 6.17. The molecule has 3 heteroatoms. The van der Waals surface area contributed by atoms with Crippen molar-refractivity contribution in [1.82, 2.24) is 4.98 Å². The first-order valence-electron chi connectivity index (χ1n) is 7.94. The summed E-state index contributed by atoms with van der Waals surface area (Å²) in [5.74, 6) is 0.515. The predicted octanol–water partition coefficient (Wildman–Crippen LogP) is 4.22. The Hall–Kier alpha value is -2.16. The molecule has 2 aromatic rings. The van der Waals surface area contributed by atoms with Crippen molar-refractivity contribution in [3.8, 4) is 0 Å². The molecule has 1 aromatic heterocycles. The summed E-state index contributed by atoms with van der Waals surface area (Å²) in [6.45, 7) is 3.99. The molecule has 0 radical (unpaired) electrons. The van der Waals surface area contributed by atoms with Crippen LogP contribution in [0.25, 0.3) is 0 Å². The van der Waals surface area contributed by atoms with Crippen LogP contribution in [0, 0.1) is 19.8 Å². The number of aryl methyl sites for hydroxylation is 2. The molecular formula is C19H22N2O. The highest BCUT2D eigenvalue weighted by atomic mass is 16.1. The zero-order chi connectivity index (χ0) is 15.5. The van der Waals surface area contributed by atoms with Gasteiger partial charge in [0, 0.05) is 11.6 Å². The number of hydrogen-bond donors (Lipinski definition) is 1. The molecule has 1 heterocycles. The van der Waals surface area contributed by atoms with Gasteiger partial charge >= 0.3 is 0 Å². The highest BCUT2D eigenvalue weighted by Crippen LogP contribution is 2.40. The van der Waals surface area contributed by atoms with E-state index in [1.54, 1.807) is 6.20 Å². The number of carbonyl (C=O) groups excluding carboxylic acids is 1. The average Bonchev–Trinajstić information content (AvgIpc) is 3.01. The Kier molecular flexibility index (Phi) is 4.23. The van der Waals surface area contributed by atoms with E-state index in [2.05, 4.69) is 34.6 Å². The number of rotatable bonds is 3. The first kappa shape index (κ1) is 14.8. The third-order valence-corrected chi connectivity index (χ3v) is 4.69. The summed E-state index contributed by atoms with van der Waals surface area (Å²) in [7, 11) is 0. The van der Waals surface area contributed by atoms with Crippen LogP contribution in [0.2, 0.25) is 0 Å². The van der Waals surface area contributed by atoms with Gasteiger partial charge in [0.15, 0.2) is 0 Å². The molecule has 0 saturated heterocycles. The van der Waals surface area contributed by atoms with E-state index in [0.29, 0.717) is 5.92 Å². The highest BCUT2D eigenvalue weighted by molar-refractivity contribution is 5.93. The molecule has 0 bridgehead atoms. The lowest BCUT2D eigenvalue weighted by atomic mass is 9.88. The number of pyridine rings is 1. The van der Waals surface area contributed by atoms with E-state index < -0.39 is 0 Å². The molecule has 3 rings (SSSR count). The Labute approximate surface area is 131 Å². The molecule has 3 nitrogen and oxygen atoms in total. The molecule has 1 amide bonds. The average molecular weight is 294 g/mol. The lowest BCUT2D eigenvalue weighted by molar-refractivity contribution is -0.120. The van der Waals surface area contributed by atoms with Gasteiger partial charge in [-0.2, -0.15) is 0 Å². The molecule has 0 spiro atoms. The summed E-state index contributed by atoms with van der Waals surface area (Å²) in [4.78, 5) is 17.0. The molecular weight excluding hydrogens is 272 g/mol. The summed E-state index contributed by atoms with van der Waals surface area (Å²) < 4.78 is 0. The lowest BCUT2D eigenvalue weighted by Gasteiger charge is -2.19. The molecule has 1 N–H and O–H groups in total. The zero-order valence-corrected chi connectivity index (χ0v) is 13.2. The van der Waals surface area contributed by atoms with Crippen molar-refractivity contribution in [1.29, 1.82) is 0 Å². The van der Waals surface area contributed by atoms with Gasteiger partial charge in [0.05, 0.1) is 11.9 Å². The number of nitrogens with one attached hydrogen (secondary N) is 1. The van der Waals surface area contributed by atoms with Gasteiger partial charge in [0.2, 0.25) is 5.91 Å². The minimum absolute atomic E-state index is 0.0593. The van der Waals surface area contributed by atoms with Crippen LogP contribution in [0.3, 0.4) is 0 Å². The molecule has 1 saturated carbocycles. The van der Waals surface area contributed by atoms with Crippen molar-refractivity contribution in [2.24, 2.45) is 5.92 Å². The van der Waals surface area contributed by atoms with Crippen LogP contribution in [0.4, 0.5) is 5.69 Å². The van der Waals surface area contributed by atoms with Crippen molar-refractivity contribution in [3.05, 3.63) is 59.4 Å². The van der Waals surface area contributed by atoms with Crippen LogP contribution in [0.1, 0.15) is 42.0 Å². The number of aromatic nitrogens is 1. The van der Waals surface area contributed by atoms with Crippen LogP contribution in [0.5, 0.6) is 0 Å². The van der Waals surface area contributed by atoms with Crippen molar-refractivity contribution in [3.63, 3.8) is 0 Å². The second kappa shape index (κ2) is 6.30. The molecule has 22 heavy (non-hydrogen) atoms. The number of nitrogens with zero attached hydrogens (tertiary/aromatic N) is 1. The second-order valence-corrected chi connectivity index (χ2v) is 6.17. The fourth-order valence-corrected chi connectivity index (χ4v) is 3.32. The van der Waals surface area contributed by atoms with Gasteiger partial charge in [0.1, 0.15) is 0 Å². The monoisotopic (exact) mass is 294 g/mol. The number of benzene rings is 1. The summed E-state index contributed by atoms with van der Waals surface area (Å²) >= 11 is 0. The van der Waals surface area contributed by atoms with Gasteiger partial charge in [-0.15, -0.1) is 0 Å². The number of amides is 1. The molecule has 2 unspecified atom stereocenters. The Morgan fingerprint density at radius 2 is 1.95 bits per heavy atom. The number of carbonyl (C=O) groups is 1. The van der Waals surface area contributed by atoms with E-state index in [4.69, 9.17) is 0 Å². The van der Waals surface area contributed by atoms with E-state index >= 15 is 0 Å². The summed E-state index contributed by atoms with van der Waals surface area (Å²) in [5.41, 5.74) is 4.18. The molecule has 1 fully saturated rings. The van der Waals surface area contributed by atoms with E-state index in [1.807, 2.05) is 26.0 Å². The predicted molar refractivity (Wildman–Crippen MR) is 88.9 cm³/mol. The number of anilines is 1. The molecule has 1 aliphatic rings. The summed E-state index contributed by atoms with van der Waals surface area (Å²) in [6, 6.07) is 12.4. The van der Waals surface area contributed by atoms with Crippen LogP contribution in [0.15, 0.2) is 42.6 Å². The summed E-state index contributed by atoms with van der Waals surface area (Å²) in [6.07, 6.45) is 4.91. The van der Waals surface area contributed by atoms with Gasteiger partial charge in [-0.05, 0) is 49.8 Å². The Bertz CT molecular complexity index is 666. The van der Waals surface area contributed by atoms with Crippen molar-refractivity contribution < 1.29 is 4.79 Å². The number of hydrogen-bond acceptors (Lipinski definition) is 2. The Morgan fingerprint density at radius 3 is 2.68 bits per heavy atom. The van der Waals surface area contributed by atoms with Crippen LogP contribution < -0.4 is 5.32 Å². The minimum Gasteiger partial charge on any atom is -0.324 e. The molecule has 0 aliphatic heterocycles. The van der Waals surface area contributed by atoms with Gasteiger partial charge in [-0.25, -0.2) is 0 Å². The quantitative estimate of drug-likeness (QED) is 0.921. The largest absolute Gasteiger partial charge is 0.324 e. The normalized spacial score (nSPS) is 20.8. The van der Waals surface area contributed by atoms with Crippen LogP contribution in [-0.4, -0.2) is 10.9 Å². The molecule has 2 atom stereocenters. The van der Waals surface area contributed by atoms with Crippen molar-refractivity contribution in [2.75, 3.05) is 5.32 Å². The molecule has 114 valence electrons. The van der Waals surface area contributed by atoms with Crippen LogP contribution >= 0.6 is 0 Å². The van der Waals surface area contributed by atoms with Gasteiger partial charge in [-0.3, -0.25) is 9.78 Å². The van der Waals surface area contributed by atoms with Gasteiger partial charge in [-0.1, -0.05) is 36.8 Å². The van der Waals surface area contributed by atoms with E-state index in [-0.39, 0.29) is 11.8 Å². The van der Waals surface area contributed by atoms with E-state index in [1.165, 1.54) is 5.56 Å². The topological polar surface area (TPSA) is 42.0 Å². The maximum absolute atomic E-state index is 12.7. The molecule has 1 aromatic carbocycles. The molecule has 1 aliphatic carbocycles. The standard InChI is InChI=1S/C19H22N2O/c1-13-11-16(12-20-14(13)2)21-19(22)18-10-6-9-17(18)15-7-4-3-5-8-15/h3-5,7-8,11-12,17-18H,6,9-10H2,1-2H3,(H,21,22). The minimum atomic E-state index is 0.0593. The van der Waals surface area contributed by atoms with Crippen molar-refractivity contribution >= 4 is 11.6 Å². The SMILES string of the molecule is Cc1cc(NC(=O)C2CCCC2c2ccccc2)cnc1C. The summed E-state index contributed by atoms with van der Waals surface area (Å²) in [5, 5.41) is 3.05. The lowest BCUT2D eigenvalue weighted by Crippen LogP contribution is -2.25. The maximum atomic E-state index is 12.7. The van der Waals surface area contributed by atoms with E-state index in [9.17, 15) is 4.79 Å². The Balaban J connectivity index is 1.75. The fraction of sp³-hybridized carbons (Fsp3) is 0.368. The zero-order valence-electron chi connectivity index (χ0n) is 13.2. The van der Waals surface area contributed by atoms with Crippen LogP contribution in [-0.2, 0) is 4.79 Å². The first-order valence-corrected chi connectivity index (χ1v) is 7.94. The van der Waals surface area contributed by atoms with E-state index in [0.717, 1.165) is 36.2 Å². The highest BCUT2D eigenvalue weighted by Gasteiger charge is 2.33. The Morgan fingerprint density at radius 1 is 1.18 bits per heavy atom. The smallest absolute Gasteiger partial charge is 0.228 e. The van der Waals surface area contributed by atoms with Gasteiger partial charge in [0.25, 0.3) is 0 Å². The third kappa shape index (κ3) is 3.03. The van der Waals surface area contributed by atoms with Gasteiger partial charge < -0.3 is 5.32 Å². The fourth-order valence-electron chi connectivity index (χ4n) is 3.32. The first-order chi connectivity index (χ1) is 10.6. The van der Waals surface area contributed by atoms with Crippen molar-refractivity contribution in [2.45, 2.75) is 39.0 Å². The maximum Gasteiger partial charge on any atom is 0.228 e.